The molecule has 0 aliphatic heterocycles. The average Bonchev–Trinajstić information content (AvgIpc) is 3.05. The van der Waals surface area contributed by atoms with Gasteiger partial charge in [0.15, 0.2) is 0 Å². The molecule has 0 aliphatic carbocycles. The van der Waals surface area contributed by atoms with Gasteiger partial charge in [-0.25, -0.2) is 31.7 Å². The summed E-state index contributed by atoms with van der Waals surface area (Å²) in [5.74, 6) is -4.89. The highest BCUT2D eigenvalue weighted by Gasteiger charge is 2.28. The maximum atomic E-state index is 14.8. The van der Waals surface area contributed by atoms with E-state index < -0.39 is 63.5 Å². The van der Waals surface area contributed by atoms with Gasteiger partial charge in [-0.05, 0) is 36.4 Å². The lowest BCUT2D eigenvalue weighted by Gasteiger charge is -2.10. The number of hydrogen-bond acceptors (Lipinski definition) is 3. The minimum absolute atomic E-state index is 0.327. The smallest absolute Gasteiger partial charge is 0.341 e. The fourth-order valence-electron chi connectivity index (χ4n) is 3.51. The molecular formula is C22H11ClF4N2O4. The number of fused-ring (bicyclic) bond motifs is 1. The van der Waals surface area contributed by atoms with Gasteiger partial charge in [-0.2, -0.15) is 0 Å². The number of alkyl halides is 2. The Balaban J connectivity index is 2.06. The van der Waals surface area contributed by atoms with Gasteiger partial charge in [0, 0.05) is 5.56 Å². The van der Waals surface area contributed by atoms with Gasteiger partial charge in [-0.15, -0.1) is 0 Å². The SMILES string of the molecule is O=C(O)c1ccc(-n2c(=O)n(C(=O)c3c(Cl)cccc3C(F)F)c3cccc(F)c32)c(F)c1. The molecule has 3 aromatic carbocycles. The zero-order chi connectivity index (χ0) is 24.0. The van der Waals surface area contributed by atoms with Gasteiger partial charge >= 0.3 is 11.7 Å². The molecule has 11 heteroatoms. The number of benzene rings is 3. The molecule has 6 nitrogen and oxygen atoms in total. The van der Waals surface area contributed by atoms with Crippen molar-refractivity contribution in [1.29, 1.82) is 0 Å². The van der Waals surface area contributed by atoms with Crippen molar-refractivity contribution in [2.24, 2.45) is 0 Å². The first-order valence-electron chi connectivity index (χ1n) is 9.20. The van der Waals surface area contributed by atoms with Crippen LogP contribution in [0.25, 0.3) is 16.7 Å². The number of nitrogens with zero attached hydrogens (tertiary/aromatic N) is 2. The van der Waals surface area contributed by atoms with Gasteiger partial charge < -0.3 is 5.11 Å². The zero-order valence-corrected chi connectivity index (χ0v) is 17.0. The van der Waals surface area contributed by atoms with Crippen LogP contribution in [0.2, 0.25) is 5.02 Å². The summed E-state index contributed by atoms with van der Waals surface area (Å²) in [4.78, 5) is 37.6. The Labute approximate surface area is 186 Å². The predicted molar refractivity (Wildman–Crippen MR) is 111 cm³/mol. The van der Waals surface area contributed by atoms with Crippen LogP contribution in [0, 0.1) is 11.6 Å². The number of aromatic nitrogens is 2. The van der Waals surface area contributed by atoms with E-state index in [9.17, 15) is 31.9 Å². The molecule has 4 rings (SSSR count). The maximum Gasteiger partial charge on any atom is 0.341 e. The van der Waals surface area contributed by atoms with Crippen molar-refractivity contribution in [2.45, 2.75) is 6.43 Å². The minimum Gasteiger partial charge on any atom is -0.478 e. The van der Waals surface area contributed by atoms with E-state index in [1.54, 1.807) is 0 Å². The van der Waals surface area contributed by atoms with Crippen molar-refractivity contribution >= 4 is 34.5 Å². The normalized spacial score (nSPS) is 11.3. The summed E-state index contributed by atoms with van der Waals surface area (Å²) in [5.41, 5.74) is -4.48. The fourth-order valence-corrected chi connectivity index (χ4v) is 3.77. The van der Waals surface area contributed by atoms with Gasteiger partial charge in [0.05, 0.1) is 27.4 Å². The van der Waals surface area contributed by atoms with Crippen LogP contribution >= 0.6 is 11.6 Å². The van der Waals surface area contributed by atoms with E-state index in [0.29, 0.717) is 15.2 Å². The molecule has 0 amide bonds. The molecule has 0 spiro atoms. The number of carbonyl (C=O) groups is 2. The number of halogens is 5. The molecule has 0 aliphatic rings. The van der Waals surface area contributed by atoms with Gasteiger partial charge in [0.2, 0.25) is 0 Å². The number of rotatable bonds is 4. The highest BCUT2D eigenvalue weighted by atomic mass is 35.5. The summed E-state index contributed by atoms with van der Waals surface area (Å²) < 4.78 is 57.5. The molecule has 0 radical (unpaired) electrons. The summed E-state index contributed by atoms with van der Waals surface area (Å²) >= 11 is 5.98. The van der Waals surface area contributed by atoms with Gasteiger partial charge in [0.1, 0.15) is 17.2 Å². The second kappa shape index (κ2) is 8.21. The third kappa shape index (κ3) is 3.58. The van der Waals surface area contributed by atoms with E-state index in [2.05, 4.69) is 0 Å². The van der Waals surface area contributed by atoms with Crippen molar-refractivity contribution in [3.8, 4) is 5.69 Å². The number of hydrogen-bond donors (Lipinski definition) is 1. The van der Waals surface area contributed by atoms with Gasteiger partial charge in [0.25, 0.3) is 12.3 Å². The Morgan fingerprint density at radius 1 is 0.970 bits per heavy atom. The van der Waals surface area contributed by atoms with Crippen LogP contribution in [0.3, 0.4) is 0 Å². The molecule has 0 unspecified atom stereocenters. The predicted octanol–water partition coefficient (Wildman–Crippen LogP) is 5.05. The third-order valence-corrected chi connectivity index (χ3v) is 5.26. The molecule has 0 bridgehead atoms. The van der Waals surface area contributed by atoms with Crippen LogP contribution in [0.1, 0.15) is 32.7 Å². The number of carbonyl (C=O) groups excluding carboxylic acids is 1. The monoisotopic (exact) mass is 478 g/mol. The van der Waals surface area contributed by atoms with Crippen LogP contribution in [-0.2, 0) is 0 Å². The Bertz CT molecular complexity index is 1510. The Kier molecular flexibility index (Phi) is 5.54. The Hall–Kier alpha value is -3.92. The van der Waals surface area contributed by atoms with Crippen LogP contribution in [0.15, 0.2) is 59.4 Å². The zero-order valence-electron chi connectivity index (χ0n) is 16.2. The summed E-state index contributed by atoms with van der Waals surface area (Å²) in [7, 11) is 0. The number of para-hydroxylation sites is 1. The fraction of sp³-hybridized carbons (Fsp3) is 0.0455. The second-order valence-corrected chi connectivity index (χ2v) is 7.25. The Morgan fingerprint density at radius 2 is 1.67 bits per heavy atom. The van der Waals surface area contributed by atoms with Crippen molar-refractivity contribution in [3.05, 3.63) is 98.4 Å². The van der Waals surface area contributed by atoms with Crippen molar-refractivity contribution in [2.75, 3.05) is 0 Å². The Morgan fingerprint density at radius 3 is 2.30 bits per heavy atom. The largest absolute Gasteiger partial charge is 0.478 e. The number of carboxylic acids is 1. The van der Waals surface area contributed by atoms with E-state index in [-0.39, 0.29) is 10.5 Å². The minimum atomic E-state index is -3.11. The molecule has 0 atom stereocenters. The number of imidazole rings is 1. The summed E-state index contributed by atoms with van der Waals surface area (Å²) in [5, 5.41) is 8.66. The quantitative estimate of drug-likeness (QED) is 0.416. The van der Waals surface area contributed by atoms with Crippen molar-refractivity contribution in [3.63, 3.8) is 0 Å². The molecule has 0 saturated heterocycles. The lowest BCUT2D eigenvalue weighted by Crippen LogP contribution is -2.30. The van der Waals surface area contributed by atoms with Crippen LogP contribution < -0.4 is 5.69 Å². The summed E-state index contributed by atoms with van der Waals surface area (Å²) in [6.45, 7) is 0. The average molecular weight is 479 g/mol. The lowest BCUT2D eigenvalue weighted by atomic mass is 10.1. The highest BCUT2D eigenvalue weighted by Crippen LogP contribution is 2.30. The summed E-state index contributed by atoms with van der Waals surface area (Å²) in [6, 6.07) is 9.19. The van der Waals surface area contributed by atoms with Crippen LogP contribution in [-0.4, -0.2) is 26.1 Å². The van der Waals surface area contributed by atoms with Gasteiger partial charge in [-0.3, -0.25) is 9.36 Å². The molecule has 168 valence electrons. The molecule has 1 N–H and O–H groups in total. The topological polar surface area (TPSA) is 81.3 Å². The lowest BCUT2D eigenvalue weighted by molar-refractivity contribution is 0.0696. The van der Waals surface area contributed by atoms with E-state index in [4.69, 9.17) is 16.7 Å². The molecule has 1 heterocycles. The highest BCUT2D eigenvalue weighted by molar-refractivity contribution is 6.34. The molecule has 33 heavy (non-hydrogen) atoms. The van der Waals surface area contributed by atoms with E-state index in [0.717, 1.165) is 24.3 Å². The number of carboxylic acid groups (broad SMARTS) is 1. The molecular weight excluding hydrogens is 468 g/mol. The first kappa shape index (κ1) is 22.3. The standard InChI is InChI=1S/C22H11ClF4N2O4/c23-12-4-1-3-11(19(26)27)17(12)20(30)29-16-6-2-5-13(24)18(16)28(22(29)33)15-8-7-10(21(31)32)9-14(15)25/h1-9,19H,(H,31,32). The first-order valence-corrected chi connectivity index (χ1v) is 9.57. The molecule has 4 aromatic rings. The van der Waals surface area contributed by atoms with E-state index >= 15 is 0 Å². The molecule has 1 aromatic heterocycles. The maximum absolute atomic E-state index is 14.8. The van der Waals surface area contributed by atoms with E-state index in [1.807, 2.05) is 0 Å². The van der Waals surface area contributed by atoms with Crippen LogP contribution in [0.4, 0.5) is 17.6 Å². The third-order valence-electron chi connectivity index (χ3n) is 4.95. The molecule has 0 saturated carbocycles. The first-order chi connectivity index (χ1) is 15.6. The van der Waals surface area contributed by atoms with Crippen molar-refractivity contribution < 1.29 is 32.3 Å². The second-order valence-electron chi connectivity index (χ2n) is 6.84. The van der Waals surface area contributed by atoms with Crippen molar-refractivity contribution in [1.82, 2.24) is 9.13 Å². The van der Waals surface area contributed by atoms with Gasteiger partial charge in [-0.1, -0.05) is 29.8 Å². The molecule has 0 fully saturated rings. The number of aromatic carboxylic acids is 1. The summed E-state index contributed by atoms with van der Waals surface area (Å²) in [6.07, 6.45) is -3.11. The van der Waals surface area contributed by atoms with Crippen LogP contribution in [0.5, 0.6) is 0 Å². The van der Waals surface area contributed by atoms with E-state index in [1.165, 1.54) is 24.3 Å².